The number of hydrogen-bond acceptors (Lipinski definition) is 3. The third kappa shape index (κ3) is 1.55. The monoisotopic (exact) mass is 192 g/mol. The lowest BCUT2D eigenvalue weighted by atomic mass is 10.2. The zero-order valence-corrected chi connectivity index (χ0v) is 7.76. The summed E-state index contributed by atoms with van der Waals surface area (Å²) in [6.45, 7) is 0.808. The summed E-state index contributed by atoms with van der Waals surface area (Å²) in [7, 11) is 0. The molecule has 1 aromatic heterocycles. The maximum Gasteiger partial charge on any atom is 0.326 e. The molecule has 4 nitrogen and oxygen atoms in total. The van der Waals surface area contributed by atoms with Gasteiger partial charge in [-0.3, -0.25) is 4.98 Å². The highest BCUT2D eigenvalue weighted by atomic mass is 16.4. The van der Waals surface area contributed by atoms with Crippen molar-refractivity contribution < 1.29 is 9.90 Å². The Bertz CT molecular complexity index is 326. The first-order valence-electron chi connectivity index (χ1n) is 4.68. The number of nitrogens with zero attached hydrogens (tertiary/aromatic N) is 2. The molecule has 1 atom stereocenters. The smallest absolute Gasteiger partial charge is 0.326 e. The molecule has 1 saturated heterocycles. The highest BCUT2D eigenvalue weighted by molar-refractivity contribution is 5.78. The Morgan fingerprint density at radius 2 is 2.50 bits per heavy atom. The topological polar surface area (TPSA) is 53.4 Å². The van der Waals surface area contributed by atoms with Crippen LogP contribution in [-0.4, -0.2) is 28.6 Å². The number of pyridine rings is 1. The van der Waals surface area contributed by atoms with Crippen molar-refractivity contribution in [3.05, 3.63) is 24.5 Å². The summed E-state index contributed by atoms with van der Waals surface area (Å²) in [6.07, 6.45) is 5.06. The molecule has 0 saturated carbocycles. The van der Waals surface area contributed by atoms with Crippen molar-refractivity contribution in [3.63, 3.8) is 0 Å². The third-order valence-corrected chi connectivity index (χ3v) is 2.52. The first-order valence-corrected chi connectivity index (χ1v) is 4.68. The quantitative estimate of drug-likeness (QED) is 0.763. The van der Waals surface area contributed by atoms with E-state index >= 15 is 0 Å². The van der Waals surface area contributed by atoms with Gasteiger partial charge < -0.3 is 10.0 Å². The fourth-order valence-electron chi connectivity index (χ4n) is 1.86. The van der Waals surface area contributed by atoms with Gasteiger partial charge >= 0.3 is 5.97 Å². The molecular formula is C10H12N2O2. The van der Waals surface area contributed by atoms with Crippen LogP contribution in [0.15, 0.2) is 24.5 Å². The zero-order chi connectivity index (χ0) is 9.97. The van der Waals surface area contributed by atoms with Crippen LogP contribution in [0.4, 0.5) is 5.69 Å². The molecule has 0 aromatic carbocycles. The molecule has 0 spiro atoms. The van der Waals surface area contributed by atoms with E-state index in [4.69, 9.17) is 5.11 Å². The molecule has 0 aliphatic carbocycles. The van der Waals surface area contributed by atoms with Gasteiger partial charge in [0.2, 0.25) is 0 Å². The average Bonchev–Trinajstić information content (AvgIpc) is 2.67. The summed E-state index contributed by atoms with van der Waals surface area (Å²) >= 11 is 0. The number of hydrogen-bond donors (Lipinski definition) is 1. The van der Waals surface area contributed by atoms with Gasteiger partial charge in [0.25, 0.3) is 0 Å². The molecule has 74 valence electrons. The SMILES string of the molecule is O=C(O)C1CCCN1c1cccnc1. The van der Waals surface area contributed by atoms with Crippen LogP contribution in [0, 0.1) is 0 Å². The summed E-state index contributed by atoms with van der Waals surface area (Å²) in [5.41, 5.74) is 0.900. The molecular weight excluding hydrogens is 180 g/mol. The van der Waals surface area contributed by atoms with Crippen LogP contribution in [0.2, 0.25) is 0 Å². The first-order chi connectivity index (χ1) is 6.79. The fourth-order valence-corrected chi connectivity index (χ4v) is 1.86. The van der Waals surface area contributed by atoms with E-state index in [1.54, 1.807) is 12.4 Å². The van der Waals surface area contributed by atoms with Crippen LogP contribution >= 0.6 is 0 Å². The Balaban J connectivity index is 2.22. The Morgan fingerprint density at radius 3 is 3.14 bits per heavy atom. The van der Waals surface area contributed by atoms with Crippen LogP contribution in [0.25, 0.3) is 0 Å². The van der Waals surface area contributed by atoms with Crippen LogP contribution in [0.5, 0.6) is 0 Å². The Kier molecular flexibility index (Phi) is 2.35. The standard InChI is InChI=1S/C10H12N2O2/c13-10(14)9-4-2-6-12(9)8-3-1-5-11-7-8/h1,3,5,7,9H,2,4,6H2,(H,13,14). The first kappa shape index (κ1) is 8.99. The molecule has 1 N–H and O–H groups in total. The lowest BCUT2D eigenvalue weighted by Gasteiger charge is -2.22. The van der Waals surface area contributed by atoms with Crippen LogP contribution < -0.4 is 4.90 Å². The van der Waals surface area contributed by atoms with Gasteiger partial charge in [0.05, 0.1) is 11.9 Å². The van der Waals surface area contributed by atoms with Crippen molar-refractivity contribution in [1.29, 1.82) is 0 Å². The highest BCUT2D eigenvalue weighted by Crippen LogP contribution is 2.24. The zero-order valence-electron chi connectivity index (χ0n) is 7.76. The Morgan fingerprint density at radius 1 is 1.64 bits per heavy atom. The van der Waals surface area contributed by atoms with Gasteiger partial charge in [0.15, 0.2) is 0 Å². The van der Waals surface area contributed by atoms with E-state index in [0.717, 1.165) is 25.1 Å². The summed E-state index contributed by atoms with van der Waals surface area (Å²) in [5, 5.41) is 8.98. The molecule has 1 aliphatic rings. The molecule has 2 rings (SSSR count). The largest absolute Gasteiger partial charge is 0.480 e. The van der Waals surface area contributed by atoms with Gasteiger partial charge in [0, 0.05) is 12.7 Å². The minimum atomic E-state index is -0.744. The van der Waals surface area contributed by atoms with Gasteiger partial charge in [0.1, 0.15) is 6.04 Å². The van der Waals surface area contributed by atoms with E-state index in [2.05, 4.69) is 4.98 Å². The van der Waals surface area contributed by atoms with Gasteiger partial charge in [-0.15, -0.1) is 0 Å². The van der Waals surface area contributed by atoms with Crippen molar-refractivity contribution in [2.24, 2.45) is 0 Å². The summed E-state index contributed by atoms with van der Waals surface area (Å²) in [4.78, 5) is 16.8. The van der Waals surface area contributed by atoms with Crippen molar-refractivity contribution in [2.75, 3.05) is 11.4 Å². The summed E-state index contributed by atoms with van der Waals surface area (Å²) < 4.78 is 0. The number of carboxylic acid groups (broad SMARTS) is 1. The Hall–Kier alpha value is -1.58. The molecule has 0 amide bonds. The maximum absolute atomic E-state index is 10.9. The van der Waals surface area contributed by atoms with Crippen LogP contribution in [0.3, 0.4) is 0 Å². The molecule has 4 heteroatoms. The van der Waals surface area contributed by atoms with Gasteiger partial charge in [-0.25, -0.2) is 4.79 Å². The second kappa shape index (κ2) is 3.65. The molecule has 1 unspecified atom stereocenters. The predicted molar refractivity (Wildman–Crippen MR) is 52.2 cm³/mol. The van der Waals surface area contributed by atoms with Crippen molar-refractivity contribution in [3.8, 4) is 0 Å². The van der Waals surface area contributed by atoms with Gasteiger partial charge in [-0.2, -0.15) is 0 Å². The van der Waals surface area contributed by atoms with E-state index in [1.165, 1.54) is 0 Å². The number of aromatic nitrogens is 1. The molecule has 0 bridgehead atoms. The molecule has 0 radical (unpaired) electrons. The maximum atomic E-state index is 10.9. The molecule has 1 aliphatic heterocycles. The molecule has 14 heavy (non-hydrogen) atoms. The van der Waals surface area contributed by atoms with E-state index < -0.39 is 5.97 Å². The lowest BCUT2D eigenvalue weighted by Crippen LogP contribution is -2.35. The third-order valence-electron chi connectivity index (χ3n) is 2.52. The highest BCUT2D eigenvalue weighted by Gasteiger charge is 2.30. The number of carboxylic acids is 1. The number of aliphatic carboxylic acids is 1. The average molecular weight is 192 g/mol. The minimum absolute atomic E-state index is 0.376. The molecule has 2 heterocycles. The van der Waals surface area contributed by atoms with E-state index in [1.807, 2.05) is 17.0 Å². The molecule has 1 aromatic rings. The number of anilines is 1. The minimum Gasteiger partial charge on any atom is -0.480 e. The Labute approximate surface area is 82.2 Å². The summed E-state index contributed by atoms with van der Waals surface area (Å²) in [5.74, 6) is -0.744. The van der Waals surface area contributed by atoms with E-state index in [-0.39, 0.29) is 6.04 Å². The lowest BCUT2D eigenvalue weighted by molar-refractivity contribution is -0.138. The second-order valence-electron chi connectivity index (χ2n) is 3.40. The van der Waals surface area contributed by atoms with Crippen molar-refractivity contribution in [2.45, 2.75) is 18.9 Å². The van der Waals surface area contributed by atoms with E-state index in [0.29, 0.717) is 0 Å². The van der Waals surface area contributed by atoms with E-state index in [9.17, 15) is 4.79 Å². The fraction of sp³-hybridized carbons (Fsp3) is 0.400. The van der Waals surface area contributed by atoms with Crippen LogP contribution in [0.1, 0.15) is 12.8 Å². The summed E-state index contributed by atoms with van der Waals surface area (Å²) in [6, 6.07) is 3.35. The van der Waals surface area contributed by atoms with Gasteiger partial charge in [-0.1, -0.05) is 0 Å². The second-order valence-corrected chi connectivity index (χ2v) is 3.40. The normalized spacial score (nSPS) is 21.1. The van der Waals surface area contributed by atoms with Gasteiger partial charge in [-0.05, 0) is 25.0 Å². The number of rotatable bonds is 2. The number of carbonyl (C=O) groups is 1. The van der Waals surface area contributed by atoms with Crippen LogP contribution in [-0.2, 0) is 4.79 Å². The van der Waals surface area contributed by atoms with Crippen molar-refractivity contribution >= 4 is 11.7 Å². The van der Waals surface area contributed by atoms with Crippen molar-refractivity contribution in [1.82, 2.24) is 4.98 Å². The predicted octanol–water partition coefficient (Wildman–Crippen LogP) is 1.14. The molecule has 1 fully saturated rings.